The van der Waals surface area contributed by atoms with Crippen LogP contribution in [0.25, 0.3) is 11.3 Å². The molecule has 0 saturated carbocycles. The van der Waals surface area contributed by atoms with E-state index in [9.17, 15) is 4.79 Å². The average molecular weight is 358 g/mol. The summed E-state index contributed by atoms with van der Waals surface area (Å²) in [6, 6.07) is 14.0. The van der Waals surface area contributed by atoms with E-state index >= 15 is 0 Å². The fraction of sp³-hybridized carbons (Fsp3) is 0.111. The van der Waals surface area contributed by atoms with Crippen molar-refractivity contribution in [3.63, 3.8) is 0 Å². The van der Waals surface area contributed by atoms with E-state index in [1.807, 2.05) is 6.07 Å². The summed E-state index contributed by atoms with van der Waals surface area (Å²) in [6.07, 6.45) is 0. The van der Waals surface area contributed by atoms with Crippen molar-refractivity contribution in [2.24, 2.45) is 0 Å². The van der Waals surface area contributed by atoms with Crippen molar-refractivity contribution >= 4 is 23.2 Å². The van der Waals surface area contributed by atoms with Gasteiger partial charge in [0.2, 0.25) is 0 Å². The second-order valence-electron chi connectivity index (χ2n) is 5.20. The molecular weight excluding hydrogens is 342 g/mol. The van der Waals surface area contributed by atoms with Gasteiger partial charge in [0.05, 0.1) is 19.9 Å². The second kappa shape index (κ2) is 7.27. The number of methoxy groups -OCH3 is 2. The summed E-state index contributed by atoms with van der Waals surface area (Å²) >= 11 is 5.92. The molecule has 1 aromatic heterocycles. The van der Waals surface area contributed by atoms with Crippen LogP contribution in [0.3, 0.4) is 0 Å². The monoisotopic (exact) mass is 357 g/mol. The maximum atomic E-state index is 12.3. The molecule has 7 heteroatoms. The fourth-order valence-corrected chi connectivity index (χ4v) is 2.54. The van der Waals surface area contributed by atoms with E-state index in [2.05, 4.69) is 15.5 Å². The third-order valence-corrected chi connectivity index (χ3v) is 3.82. The first-order valence-corrected chi connectivity index (χ1v) is 7.83. The van der Waals surface area contributed by atoms with Gasteiger partial charge in [0.25, 0.3) is 5.91 Å². The van der Waals surface area contributed by atoms with E-state index in [-0.39, 0.29) is 5.91 Å². The van der Waals surface area contributed by atoms with Gasteiger partial charge in [-0.2, -0.15) is 5.10 Å². The Bertz CT molecular complexity index is 908. The van der Waals surface area contributed by atoms with Crippen LogP contribution in [0.15, 0.2) is 48.5 Å². The molecule has 128 valence electrons. The summed E-state index contributed by atoms with van der Waals surface area (Å²) in [5.41, 5.74) is 2.28. The Morgan fingerprint density at radius 1 is 1.12 bits per heavy atom. The number of nitrogens with one attached hydrogen (secondary N) is 2. The first-order valence-electron chi connectivity index (χ1n) is 7.45. The summed E-state index contributed by atoms with van der Waals surface area (Å²) in [5, 5.41) is 10.2. The van der Waals surface area contributed by atoms with E-state index in [0.717, 1.165) is 5.56 Å². The molecule has 1 amide bonds. The number of nitrogens with zero attached hydrogens (tertiary/aromatic N) is 1. The Morgan fingerprint density at radius 2 is 1.96 bits per heavy atom. The summed E-state index contributed by atoms with van der Waals surface area (Å²) in [5.74, 6) is 0.969. The number of ether oxygens (including phenoxy) is 2. The predicted octanol–water partition coefficient (Wildman–Crippen LogP) is 4.00. The molecule has 0 spiro atoms. The summed E-state index contributed by atoms with van der Waals surface area (Å²) in [7, 11) is 3.15. The van der Waals surface area contributed by atoms with Crippen LogP contribution in [0.1, 0.15) is 10.5 Å². The van der Waals surface area contributed by atoms with Crippen LogP contribution in [0.4, 0.5) is 5.69 Å². The number of carbonyl (C=O) groups excluding carboxylic acids is 1. The largest absolute Gasteiger partial charge is 0.497 e. The fourth-order valence-electron chi connectivity index (χ4n) is 2.35. The Balaban J connectivity index is 1.84. The molecule has 0 radical (unpaired) electrons. The highest BCUT2D eigenvalue weighted by Crippen LogP contribution is 2.32. The van der Waals surface area contributed by atoms with E-state index in [4.69, 9.17) is 21.1 Å². The van der Waals surface area contributed by atoms with Crippen LogP contribution in [0.2, 0.25) is 5.02 Å². The lowest BCUT2D eigenvalue weighted by atomic mass is 10.1. The number of amides is 1. The summed E-state index contributed by atoms with van der Waals surface area (Å²) in [4.78, 5) is 12.3. The summed E-state index contributed by atoms with van der Waals surface area (Å²) in [6.45, 7) is 0. The molecule has 2 N–H and O–H groups in total. The number of hydrogen-bond donors (Lipinski definition) is 2. The molecule has 0 saturated heterocycles. The Kier molecular flexibility index (Phi) is 4.90. The quantitative estimate of drug-likeness (QED) is 0.723. The highest BCUT2D eigenvalue weighted by Gasteiger charge is 2.15. The van der Waals surface area contributed by atoms with Gasteiger partial charge in [0.1, 0.15) is 17.2 Å². The summed E-state index contributed by atoms with van der Waals surface area (Å²) < 4.78 is 10.6. The molecule has 0 fully saturated rings. The molecule has 2 aromatic carbocycles. The maximum Gasteiger partial charge on any atom is 0.273 e. The SMILES string of the molecule is COc1ccc(-c2cc(C(=O)Nc3cccc(Cl)c3)[nH]n2)c(OC)c1. The number of benzene rings is 2. The van der Waals surface area contributed by atoms with E-state index < -0.39 is 0 Å². The van der Waals surface area contributed by atoms with E-state index in [0.29, 0.717) is 33.6 Å². The van der Waals surface area contributed by atoms with Gasteiger partial charge in [-0.25, -0.2) is 0 Å². The van der Waals surface area contributed by atoms with Crippen LogP contribution in [0.5, 0.6) is 11.5 Å². The van der Waals surface area contributed by atoms with Crippen LogP contribution < -0.4 is 14.8 Å². The topological polar surface area (TPSA) is 76.2 Å². The molecule has 0 aliphatic carbocycles. The van der Waals surface area contributed by atoms with Gasteiger partial charge in [0, 0.05) is 22.3 Å². The van der Waals surface area contributed by atoms with Crippen molar-refractivity contribution in [3.05, 3.63) is 59.2 Å². The van der Waals surface area contributed by atoms with Crippen LogP contribution in [-0.4, -0.2) is 30.3 Å². The number of carbonyl (C=O) groups is 1. The Labute approximate surface area is 149 Å². The van der Waals surface area contributed by atoms with Gasteiger partial charge in [0.15, 0.2) is 0 Å². The van der Waals surface area contributed by atoms with Crippen LogP contribution >= 0.6 is 11.6 Å². The second-order valence-corrected chi connectivity index (χ2v) is 5.63. The number of halogens is 1. The molecular formula is C18H16ClN3O3. The van der Waals surface area contributed by atoms with Gasteiger partial charge >= 0.3 is 0 Å². The third kappa shape index (κ3) is 3.75. The molecule has 6 nitrogen and oxygen atoms in total. The minimum absolute atomic E-state index is 0.312. The normalized spacial score (nSPS) is 10.4. The molecule has 0 aliphatic heterocycles. The molecule has 25 heavy (non-hydrogen) atoms. The number of anilines is 1. The molecule has 3 rings (SSSR count). The lowest BCUT2D eigenvalue weighted by Gasteiger charge is -2.08. The van der Waals surface area contributed by atoms with Gasteiger partial charge < -0.3 is 14.8 Å². The zero-order valence-corrected chi connectivity index (χ0v) is 14.4. The van der Waals surface area contributed by atoms with Gasteiger partial charge in [-0.05, 0) is 36.4 Å². The smallest absolute Gasteiger partial charge is 0.273 e. The molecule has 1 heterocycles. The lowest BCUT2D eigenvalue weighted by molar-refractivity contribution is 0.102. The Hall–Kier alpha value is -2.99. The maximum absolute atomic E-state index is 12.3. The highest BCUT2D eigenvalue weighted by molar-refractivity contribution is 6.30. The number of rotatable bonds is 5. The molecule has 0 unspecified atom stereocenters. The molecule has 3 aromatic rings. The number of hydrogen-bond acceptors (Lipinski definition) is 4. The standard InChI is InChI=1S/C18H16ClN3O3/c1-24-13-6-7-14(17(9-13)25-2)15-10-16(22-21-15)18(23)20-12-5-3-4-11(19)8-12/h3-10H,1-2H3,(H,20,23)(H,21,22). The van der Waals surface area contributed by atoms with Crippen LogP contribution in [-0.2, 0) is 0 Å². The van der Waals surface area contributed by atoms with Crippen molar-refractivity contribution in [2.45, 2.75) is 0 Å². The molecule has 0 aliphatic rings. The van der Waals surface area contributed by atoms with Gasteiger partial charge in [-0.1, -0.05) is 17.7 Å². The minimum Gasteiger partial charge on any atom is -0.497 e. The third-order valence-electron chi connectivity index (χ3n) is 3.59. The van der Waals surface area contributed by atoms with Crippen LogP contribution in [0, 0.1) is 0 Å². The number of aromatic amines is 1. The predicted molar refractivity (Wildman–Crippen MR) is 96.5 cm³/mol. The van der Waals surface area contributed by atoms with Crippen molar-refractivity contribution in [1.29, 1.82) is 0 Å². The zero-order valence-electron chi connectivity index (χ0n) is 13.7. The van der Waals surface area contributed by atoms with Crippen molar-refractivity contribution in [2.75, 3.05) is 19.5 Å². The molecule has 0 atom stereocenters. The number of aromatic nitrogens is 2. The van der Waals surface area contributed by atoms with E-state index in [1.54, 1.807) is 56.7 Å². The highest BCUT2D eigenvalue weighted by atomic mass is 35.5. The number of H-pyrrole nitrogens is 1. The van der Waals surface area contributed by atoms with Crippen molar-refractivity contribution < 1.29 is 14.3 Å². The first kappa shape index (κ1) is 16.9. The van der Waals surface area contributed by atoms with Gasteiger partial charge in [-0.15, -0.1) is 0 Å². The first-order chi connectivity index (χ1) is 12.1. The van der Waals surface area contributed by atoms with Crippen molar-refractivity contribution in [1.82, 2.24) is 10.2 Å². The minimum atomic E-state index is -0.312. The van der Waals surface area contributed by atoms with E-state index in [1.165, 1.54) is 0 Å². The van der Waals surface area contributed by atoms with Crippen molar-refractivity contribution in [3.8, 4) is 22.8 Å². The van der Waals surface area contributed by atoms with Gasteiger partial charge in [-0.3, -0.25) is 9.89 Å². The zero-order chi connectivity index (χ0) is 17.8. The Morgan fingerprint density at radius 3 is 2.68 bits per heavy atom. The average Bonchev–Trinajstić information content (AvgIpc) is 3.11. The lowest BCUT2D eigenvalue weighted by Crippen LogP contribution is -2.12. The molecule has 0 bridgehead atoms.